The Hall–Kier alpha value is -2.08. The predicted molar refractivity (Wildman–Crippen MR) is 74.6 cm³/mol. The van der Waals surface area contributed by atoms with Crippen LogP contribution in [0.4, 0.5) is 0 Å². The molecule has 0 aliphatic heterocycles. The zero-order chi connectivity index (χ0) is 13.2. The van der Waals surface area contributed by atoms with Gasteiger partial charge in [-0.05, 0) is 36.6 Å². The maximum Gasteiger partial charge on any atom is 0.253 e. The lowest BCUT2D eigenvalue weighted by Crippen LogP contribution is -1.95. The van der Waals surface area contributed by atoms with Crippen molar-refractivity contribution in [3.63, 3.8) is 0 Å². The molecule has 0 fully saturated rings. The van der Waals surface area contributed by atoms with E-state index >= 15 is 0 Å². The summed E-state index contributed by atoms with van der Waals surface area (Å²) in [5.74, 6) is 1.44. The summed E-state index contributed by atoms with van der Waals surface area (Å²) in [6.07, 6.45) is 3.69. The number of hydrogen-bond acceptors (Lipinski definition) is 5. The van der Waals surface area contributed by atoms with Crippen LogP contribution in [0.5, 0.6) is 5.75 Å². The molecule has 0 aliphatic rings. The van der Waals surface area contributed by atoms with E-state index in [2.05, 4.69) is 15.1 Å². The van der Waals surface area contributed by atoms with Gasteiger partial charge in [-0.2, -0.15) is 9.50 Å². The van der Waals surface area contributed by atoms with Gasteiger partial charge in [0.2, 0.25) is 5.16 Å². The van der Waals surface area contributed by atoms with Crippen molar-refractivity contribution in [3.05, 3.63) is 36.5 Å². The summed E-state index contributed by atoms with van der Waals surface area (Å²) in [6.45, 7) is 0. The number of fused-ring (bicyclic) bond motifs is 1. The zero-order valence-electron chi connectivity index (χ0n) is 10.6. The highest BCUT2D eigenvalue weighted by Gasteiger charge is 2.09. The molecule has 0 saturated heterocycles. The second-order valence-electron chi connectivity index (χ2n) is 3.87. The third-order valence-corrected chi connectivity index (χ3v) is 3.33. The molecular weight excluding hydrogens is 260 g/mol. The van der Waals surface area contributed by atoms with Crippen molar-refractivity contribution in [3.8, 4) is 17.0 Å². The summed E-state index contributed by atoms with van der Waals surface area (Å²) in [4.78, 5) is 8.55. The minimum atomic E-state index is 0.609. The third-order valence-electron chi connectivity index (χ3n) is 2.79. The Labute approximate surface area is 114 Å². The molecule has 0 saturated carbocycles. The number of benzene rings is 1. The zero-order valence-corrected chi connectivity index (χ0v) is 11.4. The van der Waals surface area contributed by atoms with Crippen LogP contribution >= 0.6 is 11.8 Å². The number of aromatic nitrogens is 4. The van der Waals surface area contributed by atoms with Crippen LogP contribution < -0.4 is 4.74 Å². The van der Waals surface area contributed by atoms with E-state index in [1.54, 1.807) is 17.8 Å². The van der Waals surface area contributed by atoms with E-state index in [9.17, 15) is 0 Å². The van der Waals surface area contributed by atoms with Gasteiger partial charge in [0.25, 0.3) is 5.78 Å². The molecule has 2 heterocycles. The van der Waals surface area contributed by atoms with Gasteiger partial charge in [-0.15, -0.1) is 5.10 Å². The molecule has 3 rings (SSSR count). The number of thioether (sulfide) groups is 1. The summed E-state index contributed by atoms with van der Waals surface area (Å²) in [5, 5.41) is 5.14. The van der Waals surface area contributed by atoms with E-state index in [0.29, 0.717) is 10.9 Å². The van der Waals surface area contributed by atoms with E-state index in [4.69, 9.17) is 4.74 Å². The lowest BCUT2D eigenvalue weighted by Gasteiger charge is -2.04. The summed E-state index contributed by atoms with van der Waals surface area (Å²) in [7, 11) is 1.65. The smallest absolute Gasteiger partial charge is 0.253 e. The van der Waals surface area contributed by atoms with E-state index < -0.39 is 0 Å². The van der Waals surface area contributed by atoms with Gasteiger partial charge in [-0.3, -0.25) is 0 Å². The Balaban J connectivity index is 2.15. The summed E-state index contributed by atoms with van der Waals surface area (Å²) in [5.41, 5.74) is 2.01. The Morgan fingerprint density at radius 2 is 1.95 bits per heavy atom. The molecule has 19 heavy (non-hydrogen) atoms. The maximum atomic E-state index is 5.16. The monoisotopic (exact) mass is 272 g/mol. The van der Waals surface area contributed by atoms with Crippen LogP contribution in [-0.2, 0) is 0 Å². The van der Waals surface area contributed by atoms with Crippen molar-refractivity contribution in [1.29, 1.82) is 0 Å². The minimum absolute atomic E-state index is 0.609. The molecule has 1 aromatic carbocycles. The highest BCUT2D eigenvalue weighted by molar-refractivity contribution is 7.98. The van der Waals surface area contributed by atoms with E-state index in [1.165, 1.54) is 11.8 Å². The first-order valence-corrected chi connectivity index (χ1v) is 6.94. The first-order chi connectivity index (χ1) is 9.31. The molecule has 0 N–H and O–H groups in total. The normalized spacial score (nSPS) is 10.8. The Morgan fingerprint density at radius 3 is 2.63 bits per heavy atom. The fourth-order valence-corrected chi connectivity index (χ4v) is 2.18. The summed E-state index contributed by atoms with van der Waals surface area (Å²) in [6, 6.07) is 9.76. The number of methoxy groups -OCH3 is 1. The topological polar surface area (TPSA) is 52.3 Å². The quantitative estimate of drug-likeness (QED) is 0.686. The fourth-order valence-electron chi connectivity index (χ4n) is 1.84. The molecule has 0 spiro atoms. The lowest BCUT2D eigenvalue weighted by atomic mass is 10.1. The van der Waals surface area contributed by atoms with Crippen LogP contribution in [0.15, 0.2) is 41.7 Å². The molecule has 0 bridgehead atoms. The molecule has 96 valence electrons. The van der Waals surface area contributed by atoms with Crippen molar-refractivity contribution in [2.24, 2.45) is 0 Å². The molecule has 0 aliphatic carbocycles. The van der Waals surface area contributed by atoms with Gasteiger partial charge >= 0.3 is 0 Å². The van der Waals surface area contributed by atoms with Gasteiger partial charge in [-0.25, -0.2) is 4.98 Å². The second-order valence-corrected chi connectivity index (χ2v) is 4.64. The SMILES string of the molecule is COc1ccc(-c2ccnc3nc(SC)nn23)cc1. The third kappa shape index (κ3) is 2.15. The summed E-state index contributed by atoms with van der Waals surface area (Å²) >= 11 is 1.50. The Kier molecular flexibility index (Phi) is 3.08. The summed E-state index contributed by atoms with van der Waals surface area (Å²) < 4.78 is 6.92. The first-order valence-electron chi connectivity index (χ1n) is 5.72. The average molecular weight is 272 g/mol. The number of hydrogen-bond donors (Lipinski definition) is 0. The number of ether oxygens (including phenoxy) is 1. The number of nitrogens with zero attached hydrogens (tertiary/aromatic N) is 4. The average Bonchev–Trinajstić information content (AvgIpc) is 2.90. The molecular formula is C13H12N4OS. The number of rotatable bonds is 3. The molecule has 0 amide bonds. The van der Waals surface area contributed by atoms with Gasteiger partial charge in [0.05, 0.1) is 12.8 Å². The first kappa shape index (κ1) is 12.0. The Bertz CT molecular complexity index is 708. The van der Waals surface area contributed by atoms with Crippen LogP contribution in [0.25, 0.3) is 17.0 Å². The fraction of sp³-hybridized carbons (Fsp3) is 0.154. The van der Waals surface area contributed by atoms with Crippen LogP contribution in [0, 0.1) is 0 Å². The highest BCUT2D eigenvalue weighted by atomic mass is 32.2. The Morgan fingerprint density at radius 1 is 1.16 bits per heavy atom. The highest BCUT2D eigenvalue weighted by Crippen LogP contribution is 2.23. The van der Waals surface area contributed by atoms with Gasteiger partial charge < -0.3 is 4.74 Å². The van der Waals surface area contributed by atoms with Crippen LogP contribution in [0.1, 0.15) is 0 Å². The standard InChI is InChI=1S/C13H12N4OS/c1-18-10-5-3-9(4-6-10)11-7-8-14-12-15-13(19-2)16-17(11)12/h3-8H,1-2H3. The van der Waals surface area contributed by atoms with Crippen LogP contribution in [0.2, 0.25) is 0 Å². The lowest BCUT2D eigenvalue weighted by molar-refractivity contribution is 0.415. The van der Waals surface area contributed by atoms with Crippen molar-refractivity contribution >= 4 is 17.5 Å². The molecule has 6 heteroatoms. The van der Waals surface area contributed by atoms with Crippen molar-refractivity contribution < 1.29 is 4.74 Å². The van der Waals surface area contributed by atoms with Crippen molar-refractivity contribution in [1.82, 2.24) is 19.6 Å². The largest absolute Gasteiger partial charge is 0.497 e. The van der Waals surface area contributed by atoms with Gasteiger partial charge in [0, 0.05) is 11.8 Å². The molecule has 0 unspecified atom stereocenters. The molecule has 3 aromatic rings. The van der Waals surface area contributed by atoms with Gasteiger partial charge in [0.1, 0.15) is 5.75 Å². The molecule has 0 radical (unpaired) electrons. The molecule has 5 nitrogen and oxygen atoms in total. The second kappa shape index (κ2) is 4.89. The van der Waals surface area contributed by atoms with Crippen LogP contribution in [0.3, 0.4) is 0 Å². The van der Waals surface area contributed by atoms with Crippen LogP contribution in [-0.4, -0.2) is 32.9 Å². The van der Waals surface area contributed by atoms with E-state index in [0.717, 1.165) is 17.0 Å². The van der Waals surface area contributed by atoms with Gasteiger partial charge in [0.15, 0.2) is 0 Å². The van der Waals surface area contributed by atoms with Crippen molar-refractivity contribution in [2.45, 2.75) is 5.16 Å². The maximum absolute atomic E-state index is 5.16. The van der Waals surface area contributed by atoms with Crippen molar-refractivity contribution in [2.75, 3.05) is 13.4 Å². The van der Waals surface area contributed by atoms with E-state index in [1.807, 2.05) is 36.6 Å². The minimum Gasteiger partial charge on any atom is -0.497 e. The predicted octanol–water partition coefficient (Wildman–Crippen LogP) is 2.52. The van der Waals surface area contributed by atoms with E-state index in [-0.39, 0.29) is 0 Å². The van der Waals surface area contributed by atoms with Gasteiger partial charge in [-0.1, -0.05) is 11.8 Å². The molecule has 2 aromatic heterocycles. The molecule has 0 atom stereocenters.